The first-order chi connectivity index (χ1) is 4.43. The van der Waals surface area contributed by atoms with Gasteiger partial charge in [-0.05, 0) is 19.3 Å². The first kappa shape index (κ1) is 6.85. The fourth-order valence-electron chi connectivity index (χ4n) is 1.57. The van der Waals surface area contributed by atoms with Gasteiger partial charge in [0.15, 0.2) is 0 Å². The summed E-state index contributed by atoms with van der Waals surface area (Å²) in [6, 6.07) is 0. The summed E-state index contributed by atoms with van der Waals surface area (Å²) in [6.45, 7) is 2.11. The molecule has 0 heteroatoms. The van der Waals surface area contributed by atoms with Crippen LogP contribution in [0.1, 0.15) is 39.0 Å². The average Bonchev–Trinajstić information content (AvgIpc) is 2.34. The van der Waals surface area contributed by atoms with Gasteiger partial charge in [0.25, 0.3) is 0 Å². The lowest BCUT2D eigenvalue weighted by Gasteiger charge is -2.01. The topological polar surface area (TPSA) is 0 Å². The van der Waals surface area contributed by atoms with Crippen LogP contribution < -0.4 is 0 Å². The highest BCUT2D eigenvalue weighted by atomic mass is 14.2. The van der Waals surface area contributed by atoms with E-state index in [4.69, 9.17) is 0 Å². The standard InChI is InChI=1S/C9H16/c1-2-3-6-9-7-4-5-8-9/h2-3,9H,4-8H2,1H3. The molecule has 1 aliphatic carbocycles. The van der Waals surface area contributed by atoms with Crippen molar-refractivity contribution in [2.45, 2.75) is 39.0 Å². The van der Waals surface area contributed by atoms with Gasteiger partial charge < -0.3 is 0 Å². The molecule has 1 aliphatic rings. The summed E-state index contributed by atoms with van der Waals surface area (Å²) in [4.78, 5) is 0. The van der Waals surface area contributed by atoms with Gasteiger partial charge in [-0.1, -0.05) is 37.8 Å². The van der Waals surface area contributed by atoms with E-state index in [1.807, 2.05) is 0 Å². The predicted molar refractivity (Wildman–Crippen MR) is 41.4 cm³/mol. The van der Waals surface area contributed by atoms with Crippen molar-refractivity contribution in [3.05, 3.63) is 12.2 Å². The summed E-state index contributed by atoms with van der Waals surface area (Å²) >= 11 is 0. The summed E-state index contributed by atoms with van der Waals surface area (Å²) in [7, 11) is 0. The maximum Gasteiger partial charge on any atom is -0.0322 e. The fraction of sp³-hybridized carbons (Fsp3) is 0.778. The van der Waals surface area contributed by atoms with E-state index in [1.165, 1.54) is 32.1 Å². The van der Waals surface area contributed by atoms with Gasteiger partial charge in [0.2, 0.25) is 0 Å². The second-order valence-corrected chi connectivity index (χ2v) is 2.96. The number of allylic oxidation sites excluding steroid dienone is 2. The van der Waals surface area contributed by atoms with Crippen molar-refractivity contribution in [1.29, 1.82) is 0 Å². The van der Waals surface area contributed by atoms with E-state index in [1.54, 1.807) is 0 Å². The van der Waals surface area contributed by atoms with Gasteiger partial charge in [0.1, 0.15) is 0 Å². The van der Waals surface area contributed by atoms with Crippen LogP contribution in [-0.2, 0) is 0 Å². The molecule has 0 saturated heterocycles. The highest BCUT2D eigenvalue weighted by Crippen LogP contribution is 2.27. The van der Waals surface area contributed by atoms with E-state index in [0.717, 1.165) is 5.92 Å². The third-order valence-corrected chi connectivity index (χ3v) is 2.18. The van der Waals surface area contributed by atoms with E-state index in [0.29, 0.717) is 0 Å². The Morgan fingerprint density at radius 1 is 1.33 bits per heavy atom. The molecule has 0 aromatic rings. The van der Waals surface area contributed by atoms with Gasteiger partial charge in [-0.25, -0.2) is 0 Å². The molecule has 0 bridgehead atoms. The van der Waals surface area contributed by atoms with E-state index >= 15 is 0 Å². The minimum absolute atomic E-state index is 1.03. The molecular formula is C9H16. The van der Waals surface area contributed by atoms with Crippen LogP contribution in [0.5, 0.6) is 0 Å². The van der Waals surface area contributed by atoms with Crippen LogP contribution in [-0.4, -0.2) is 0 Å². The molecule has 0 spiro atoms. The van der Waals surface area contributed by atoms with Crippen LogP contribution in [0.25, 0.3) is 0 Å². The van der Waals surface area contributed by atoms with E-state index in [9.17, 15) is 0 Å². The number of hydrogen-bond acceptors (Lipinski definition) is 0. The molecule has 1 fully saturated rings. The van der Waals surface area contributed by atoms with Crippen molar-refractivity contribution in [1.82, 2.24) is 0 Å². The molecule has 0 amide bonds. The maximum absolute atomic E-state index is 2.30. The Morgan fingerprint density at radius 2 is 2.00 bits per heavy atom. The first-order valence-corrected chi connectivity index (χ1v) is 4.04. The lowest BCUT2D eigenvalue weighted by atomic mass is 10.0. The summed E-state index contributed by atoms with van der Waals surface area (Å²) in [5.74, 6) is 1.03. The van der Waals surface area contributed by atoms with Crippen molar-refractivity contribution in [2.24, 2.45) is 5.92 Å². The minimum Gasteiger partial charge on any atom is -0.0917 e. The number of hydrogen-bond donors (Lipinski definition) is 0. The first-order valence-electron chi connectivity index (χ1n) is 4.04. The lowest BCUT2D eigenvalue weighted by molar-refractivity contribution is 0.558. The van der Waals surface area contributed by atoms with Gasteiger partial charge in [-0.15, -0.1) is 0 Å². The highest BCUT2D eigenvalue weighted by Gasteiger charge is 2.12. The summed E-state index contributed by atoms with van der Waals surface area (Å²) in [5, 5.41) is 0. The van der Waals surface area contributed by atoms with Crippen LogP contribution in [0.2, 0.25) is 0 Å². The normalized spacial score (nSPS) is 21.9. The van der Waals surface area contributed by atoms with Crippen molar-refractivity contribution < 1.29 is 0 Å². The Hall–Kier alpha value is -0.260. The van der Waals surface area contributed by atoms with E-state index < -0.39 is 0 Å². The highest BCUT2D eigenvalue weighted by molar-refractivity contribution is 4.82. The SMILES string of the molecule is CC=CCC1CCCC1. The molecule has 0 unspecified atom stereocenters. The zero-order valence-electron chi connectivity index (χ0n) is 6.27. The van der Waals surface area contributed by atoms with Crippen LogP contribution in [0.3, 0.4) is 0 Å². The quantitative estimate of drug-likeness (QED) is 0.496. The zero-order chi connectivity index (χ0) is 6.53. The fourth-order valence-corrected chi connectivity index (χ4v) is 1.57. The van der Waals surface area contributed by atoms with Gasteiger partial charge >= 0.3 is 0 Å². The molecule has 0 atom stereocenters. The summed E-state index contributed by atoms with van der Waals surface area (Å²) in [6.07, 6.45) is 11.7. The Kier molecular flexibility index (Phi) is 2.82. The average molecular weight is 124 g/mol. The molecule has 0 radical (unpaired) electrons. The molecule has 1 rings (SSSR count). The smallest absolute Gasteiger partial charge is 0.0322 e. The molecule has 1 saturated carbocycles. The van der Waals surface area contributed by atoms with Gasteiger partial charge in [-0.2, -0.15) is 0 Å². The predicted octanol–water partition coefficient (Wildman–Crippen LogP) is 3.14. The Balaban J connectivity index is 2.11. The largest absolute Gasteiger partial charge is 0.0917 e. The Morgan fingerprint density at radius 3 is 2.56 bits per heavy atom. The van der Waals surface area contributed by atoms with Gasteiger partial charge in [0.05, 0.1) is 0 Å². The third kappa shape index (κ3) is 2.21. The monoisotopic (exact) mass is 124 g/mol. The minimum atomic E-state index is 1.03. The van der Waals surface area contributed by atoms with Crippen molar-refractivity contribution >= 4 is 0 Å². The summed E-state index contributed by atoms with van der Waals surface area (Å²) < 4.78 is 0. The molecular weight excluding hydrogens is 108 g/mol. The molecule has 0 heterocycles. The lowest BCUT2D eigenvalue weighted by Crippen LogP contribution is -1.88. The van der Waals surface area contributed by atoms with E-state index in [-0.39, 0.29) is 0 Å². The van der Waals surface area contributed by atoms with Gasteiger partial charge in [-0.3, -0.25) is 0 Å². The van der Waals surface area contributed by atoms with Gasteiger partial charge in [0, 0.05) is 0 Å². The van der Waals surface area contributed by atoms with E-state index in [2.05, 4.69) is 19.1 Å². The summed E-state index contributed by atoms with van der Waals surface area (Å²) in [5.41, 5.74) is 0. The molecule has 52 valence electrons. The molecule has 0 aliphatic heterocycles. The molecule has 0 N–H and O–H groups in total. The van der Waals surface area contributed by atoms with Crippen LogP contribution in [0, 0.1) is 5.92 Å². The van der Waals surface area contributed by atoms with Crippen molar-refractivity contribution in [3.63, 3.8) is 0 Å². The number of rotatable bonds is 2. The molecule has 0 nitrogen and oxygen atoms in total. The van der Waals surface area contributed by atoms with Crippen LogP contribution in [0.15, 0.2) is 12.2 Å². The molecule has 0 aromatic carbocycles. The third-order valence-electron chi connectivity index (χ3n) is 2.18. The van der Waals surface area contributed by atoms with Crippen molar-refractivity contribution in [2.75, 3.05) is 0 Å². The zero-order valence-corrected chi connectivity index (χ0v) is 6.27. The van der Waals surface area contributed by atoms with Crippen molar-refractivity contribution in [3.8, 4) is 0 Å². The molecule has 9 heavy (non-hydrogen) atoms. The Bertz CT molecular complexity index is 86.2. The second kappa shape index (κ2) is 3.71. The Labute approximate surface area is 58.0 Å². The second-order valence-electron chi connectivity index (χ2n) is 2.96. The van der Waals surface area contributed by atoms with Crippen LogP contribution in [0.4, 0.5) is 0 Å². The maximum atomic E-state index is 2.30. The molecule has 0 aromatic heterocycles. The van der Waals surface area contributed by atoms with Crippen LogP contribution >= 0.6 is 0 Å².